The van der Waals surface area contributed by atoms with E-state index in [1.54, 1.807) is 50.7 Å². The average Bonchev–Trinajstić information content (AvgIpc) is 2.71. The summed E-state index contributed by atoms with van der Waals surface area (Å²) in [5, 5.41) is 5.93. The summed E-state index contributed by atoms with van der Waals surface area (Å²) in [6, 6.07) is 14.8. The predicted octanol–water partition coefficient (Wildman–Crippen LogP) is 4.16. The number of nitrogens with zero attached hydrogens (tertiary/aromatic N) is 1. The fourth-order valence-electron chi connectivity index (χ4n) is 2.57. The Hall–Kier alpha value is -3.61. The van der Waals surface area contributed by atoms with Crippen molar-refractivity contribution in [2.45, 2.75) is 6.42 Å². The van der Waals surface area contributed by atoms with Gasteiger partial charge in [0.25, 0.3) is 0 Å². The Balaban J connectivity index is 1.62. The van der Waals surface area contributed by atoms with Crippen molar-refractivity contribution in [3.8, 4) is 11.5 Å². The Kier molecular flexibility index (Phi) is 6.06. The smallest absolute Gasteiger partial charge is 0.229 e. The Bertz CT molecular complexity index is 944. The lowest BCUT2D eigenvalue weighted by molar-refractivity contribution is -0.115. The molecule has 144 valence electrons. The summed E-state index contributed by atoms with van der Waals surface area (Å²) in [4.78, 5) is 16.3. The van der Waals surface area contributed by atoms with Crippen molar-refractivity contribution < 1.29 is 18.7 Å². The highest BCUT2D eigenvalue weighted by molar-refractivity contribution is 5.91. The van der Waals surface area contributed by atoms with Crippen LogP contribution >= 0.6 is 0 Å². The van der Waals surface area contributed by atoms with Crippen LogP contribution in [0.3, 0.4) is 0 Å². The second-order valence-electron chi connectivity index (χ2n) is 5.97. The number of benzene rings is 2. The van der Waals surface area contributed by atoms with E-state index in [1.165, 1.54) is 12.1 Å². The second kappa shape index (κ2) is 8.85. The predicted molar refractivity (Wildman–Crippen MR) is 106 cm³/mol. The zero-order valence-electron chi connectivity index (χ0n) is 15.5. The largest absolute Gasteiger partial charge is 0.497 e. The highest BCUT2D eigenvalue weighted by Crippen LogP contribution is 2.31. The van der Waals surface area contributed by atoms with Gasteiger partial charge in [-0.1, -0.05) is 12.1 Å². The van der Waals surface area contributed by atoms with Crippen molar-refractivity contribution in [1.29, 1.82) is 0 Å². The van der Waals surface area contributed by atoms with E-state index in [2.05, 4.69) is 15.6 Å². The molecule has 0 bridgehead atoms. The van der Waals surface area contributed by atoms with Crippen molar-refractivity contribution in [1.82, 2.24) is 4.98 Å². The van der Waals surface area contributed by atoms with Gasteiger partial charge in [0.15, 0.2) is 0 Å². The fraction of sp³-hybridized carbons (Fsp3) is 0.143. The minimum absolute atomic E-state index is 0.144. The number of amides is 1. The van der Waals surface area contributed by atoms with E-state index in [1.807, 2.05) is 12.1 Å². The van der Waals surface area contributed by atoms with Crippen LogP contribution in [0.15, 0.2) is 60.8 Å². The molecular weight excluding hydrogens is 361 g/mol. The van der Waals surface area contributed by atoms with Crippen molar-refractivity contribution in [2.75, 3.05) is 24.9 Å². The normalized spacial score (nSPS) is 10.2. The number of nitrogens with one attached hydrogen (secondary N) is 2. The maximum absolute atomic E-state index is 12.9. The van der Waals surface area contributed by atoms with E-state index in [0.717, 1.165) is 16.9 Å². The molecule has 0 spiro atoms. The summed E-state index contributed by atoms with van der Waals surface area (Å²) in [6.07, 6.45) is 1.75. The van der Waals surface area contributed by atoms with Crippen molar-refractivity contribution in [3.63, 3.8) is 0 Å². The number of anilines is 3. The number of rotatable bonds is 7. The molecule has 0 radical (unpaired) electrons. The van der Waals surface area contributed by atoms with E-state index in [-0.39, 0.29) is 18.1 Å². The Morgan fingerprint density at radius 2 is 1.82 bits per heavy atom. The van der Waals surface area contributed by atoms with Crippen LogP contribution in [0.4, 0.5) is 21.6 Å². The van der Waals surface area contributed by atoms with Crippen LogP contribution in [0.2, 0.25) is 0 Å². The van der Waals surface area contributed by atoms with E-state index in [4.69, 9.17) is 9.47 Å². The monoisotopic (exact) mass is 381 g/mol. The highest BCUT2D eigenvalue weighted by atomic mass is 19.1. The first-order valence-corrected chi connectivity index (χ1v) is 8.57. The van der Waals surface area contributed by atoms with Crippen LogP contribution in [0.5, 0.6) is 11.5 Å². The first-order chi connectivity index (χ1) is 13.6. The van der Waals surface area contributed by atoms with Crippen LogP contribution in [0, 0.1) is 5.82 Å². The van der Waals surface area contributed by atoms with Gasteiger partial charge in [0.05, 0.1) is 38.2 Å². The van der Waals surface area contributed by atoms with Gasteiger partial charge < -0.3 is 20.1 Å². The highest BCUT2D eigenvalue weighted by Gasteiger charge is 2.08. The number of aromatic nitrogens is 1. The topological polar surface area (TPSA) is 72.5 Å². The number of carbonyl (C=O) groups is 1. The molecule has 0 aliphatic rings. The van der Waals surface area contributed by atoms with Gasteiger partial charge in [0.1, 0.15) is 23.1 Å². The number of ether oxygens (including phenoxy) is 2. The summed E-state index contributed by atoms with van der Waals surface area (Å²) < 4.78 is 23.5. The molecule has 7 heteroatoms. The number of methoxy groups -OCH3 is 2. The molecule has 0 fully saturated rings. The van der Waals surface area contributed by atoms with Crippen LogP contribution in [-0.4, -0.2) is 25.1 Å². The number of pyridine rings is 1. The standard InChI is InChI=1S/C21H20FN3O3/c1-27-17-8-9-18(19(12-17)28-2)24-16-7-10-20(23-13-16)25-21(26)11-14-3-5-15(22)6-4-14/h3-10,12-13,24H,11H2,1-2H3,(H,23,25,26). The Morgan fingerprint density at radius 1 is 1.04 bits per heavy atom. The molecule has 0 aliphatic heterocycles. The molecular formula is C21H20FN3O3. The first-order valence-electron chi connectivity index (χ1n) is 8.57. The lowest BCUT2D eigenvalue weighted by Gasteiger charge is -2.12. The van der Waals surface area contributed by atoms with Crippen molar-refractivity contribution >= 4 is 23.1 Å². The zero-order chi connectivity index (χ0) is 19.9. The van der Waals surface area contributed by atoms with Gasteiger partial charge in [-0.25, -0.2) is 9.37 Å². The molecule has 0 unspecified atom stereocenters. The summed E-state index contributed by atoms with van der Waals surface area (Å²) in [6.45, 7) is 0. The van der Waals surface area contributed by atoms with Gasteiger partial charge in [0, 0.05) is 6.07 Å². The number of hydrogen-bond donors (Lipinski definition) is 2. The van der Waals surface area contributed by atoms with Gasteiger partial charge in [-0.05, 0) is 42.0 Å². The third-order valence-electron chi connectivity index (χ3n) is 4.00. The van der Waals surface area contributed by atoms with E-state index in [0.29, 0.717) is 17.3 Å². The van der Waals surface area contributed by atoms with E-state index < -0.39 is 0 Å². The van der Waals surface area contributed by atoms with Crippen LogP contribution in [0.1, 0.15) is 5.56 Å². The summed E-state index contributed by atoms with van der Waals surface area (Å²) in [7, 11) is 3.17. The molecule has 28 heavy (non-hydrogen) atoms. The Labute approximate surface area is 162 Å². The molecule has 2 aromatic carbocycles. The zero-order valence-corrected chi connectivity index (χ0v) is 15.5. The SMILES string of the molecule is COc1ccc(Nc2ccc(NC(=O)Cc3ccc(F)cc3)nc2)c(OC)c1. The summed E-state index contributed by atoms with van der Waals surface area (Å²) >= 11 is 0. The Morgan fingerprint density at radius 3 is 2.46 bits per heavy atom. The maximum atomic E-state index is 12.9. The molecule has 2 N–H and O–H groups in total. The van der Waals surface area contributed by atoms with E-state index in [9.17, 15) is 9.18 Å². The second-order valence-corrected chi connectivity index (χ2v) is 5.97. The van der Waals surface area contributed by atoms with E-state index >= 15 is 0 Å². The molecule has 0 saturated heterocycles. The molecule has 6 nitrogen and oxygen atoms in total. The fourth-order valence-corrected chi connectivity index (χ4v) is 2.57. The number of hydrogen-bond acceptors (Lipinski definition) is 5. The summed E-state index contributed by atoms with van der Waals surface area (Å²) in [5.41, 5.74) is 2.22. The quantitative estimate of drug-likeness (QED) is 0.643. The lowest BCUT2D eigenvalue weighted by Crippen LogP contribution is -2.15. The average molecular weight is 381 g/mol. The molecule has 3 aromatic rings. The lowest BCUT2D eigenvalue weighted by atomic mass is 10.1. The molecule has 0 saturated carbocycles. The maximum Gasteiger partial charge on any atom is 0.229 e. The minimum Gasteiger partial charge on any atom is -0.497 e. The van der Waals surface area contributed by atoms with Crippen molar-refractivity contribution in [2.24, 2.45) is 0 Å². The van der Waals surface area contributed by atoms with Crippen LogP contribution in [-0.2, 0) is 11.2 Å². The summed E-state index contributed by atoms with van der Waals surface area (Å²) in [5.74, 6) is 1.20. The minimum atomic E-state index is -0.331. The van der Waals surface area contributed by atoms with Crippen molar-refractivity contribution in [3.05, 3.63) is 72.2 Å². The van der Waals surface area contributed by atoms with Gasteiger partial charge in [-0.15, -0.1) is 0 Å². The molecule has 1 amide bonds. The molecule has 3 rings (SSSR count). The third kappa shape index (κ3) is 4.97. The van der Waals surface area contributed by atoms with Crippen LogP contribution < -0.4 is 20.1 Å². The third-order valence-corrected chi connectivity index (χ3v) is 4.00. The number of carbonyl (C=O) groups excluding carboxylic acids is 1. The molecule has 0 aliphatic carbocycles. The van der Waals surface area contributed by atoms with Gasteiger partial charge >= 0.3 is 0 Å². The van der Waals surface area contributed by atoms with Crippen LogP contribution in [0.25, 0.3) is 0 Å². The van der Waals surface area contributed by atoms with Gasteiger partial charge in [-0.2, -0.15) is 0 Å². The van der Waals surface area contributed by atoms with Gasteiger partial charge in [0.2, 0.25) is 5.91 Å². The molecule has 1 heterocycles. The first kappa shape index (κ1) is 19.2. The number of halogens is 1. The molecule has 1 aromatic heterocycles. The molecule has 0 atom stereocenters. The van der Waals surface area contributed by atoms with Gasteiger partial charge in [-0.3, -0.25) is 4.79 Å².